The number of rotatable bonds is 7. The lowest BCUT2D eigenvalue weighted by Crippen LogP contribution is -2.18. The lowest BCUT2D eigenvalue weighted by Gasteiger charge is -2.17. The highest BCUT2D eigenvalue weighted by molar-refractivity contribution is 6.30. The van der Waals surface area contributed by atoms with Crippen LogP contribution in [0.3, 0.4) is 0 Å². The van der Waals surface area contributed by atoms with Gasteiger partial charge in [0.2, 0.25) is 5.75 Å². The summed E-state index contributed by atoms with van der Waals surface area (Å²) < 4.78 is 16.1. The molecule has 0 radical (unpaired) electrons. The lowest BCUT2D eigenvalue weighted by atomic mass is 10.1. The Morgan fingerprint density at radius 2 is 1.50 bits per heavy atom. The van der Waals surface area contributed by atoms with Gasteiger partial charge in [0.25, 0.3) is 0 Å². The molecule has 1 unspecified atom stereocenters. The van der Waals surface area contributed by atoms with Gasteiger partial charge in [-0.05, 0) is 42.3 Å². The Labute approximate surface area is 154 Å². The molecule has 2 aromatic carbocycles. The highest BCUT2D eigenvalue weighted by Gasteiger charge is 2.13. The third kappa shape index (κ3) is 4.94. The van der Waals surface area contributed by atoms with E-state index in [-0.39, 0.29) is 18.4 Å². The van der Waals surface area contributed by atoms with Crippen molar-refractivity contribution in [3.8, 4) is 17.2 Å². The summed E-state index contributed by atoms with van der Waals surface area (Å²) in [7, 11) is 4.83. The summed E-state index contributed by atoms with van der Waals surface area (Å²) in [5, 5.41) is 4.22. The van der Waals surface area contributed by atoms with Gasteiger partial charge in [-0.25, -0.2) is 0 Å². The molecule has 0 heterocycles. The Bertz CT molecular complexity index is 622. The predicted octanol–water partition coefficient (Wildman–Crippen LogP) is 4.64. The Hall–Kier alpha value is -1.62. The molecule has 0 amide bonds. The minimum absolute atomic E-state index is 0. The molecule has 0 aliphatic rings. The largest absolute Gasteiger partial charge is 0.493 e. The van der Waals surface area contributed by atoms with E-state index in [0.29, 0.717) is 23.8 Å². The van der Waals surface area contributed by atoms with E-state index >= 15 is 0 Å². The first-order chi connectivity index (χ1) is 11.1. The average molecular weight is 372 g/mol. The SMILES string of the molecule is COc1cc(CNC(C)c2ccc(Cl)cc2)cc(OC)c1OC.Cl. The molecule has 24 heavy (non-hydrogen) atoms. The van der Waals surface area contributed by atoms with Crippen LogP contribution in [0.25, 0.3) is 0 Å². The van der Waals surface area contributed by atoms with Crippen molar-refractivity contribution in [2.45, 2.75) is 19.5 Å². The zero-order valence-corrected chi connectivity index (χ0v) is 15.8. The van der Waals surface area contributed by atoms with Gasteiger partial charge in [0.05, 0.1) is 21.3 Å². The Balaban J connectivity index is 0.00000288. The van der Waals surface area contributed by atoms with Gasteiger partial charge in [-0.3, -0.25) is 0 Å². The van der Waals surface area contributed by atoms with Crippen molar-refractivity contribution in [1.82, 2.24) is 5.32 Å². The van der Waals surface area contributed by atoms with Gasteiger partial charge in [0, 0.05) is 17.6 Å². The van der Waals surface area contributed by atoms with Crippen LogP contribution in [-0.2, 0) is 6.54 Å². The van der Waals surface area contributed by atoms with Gasteiger partial charge >= 0.3 is 0 Å². The van der Waals surface area contributed by atoms with Crippen molar-refractivity contribution < 1.29 is 14.2 Å². The summed E-state index contributed by atoms with van der Waals surface area (Å²) in [6, 6.07) is 11.9. The summed E-state index contributed by atoms with van der Waals surface area (Å²) in [4.78, 5) is 0. The fourth-order valence-corrected chi connectivity index (χ4v) is 2.50. The number of methoxy groups -OCH3 is 3. The van der Waals surface area contributed by atoms with Crippen LogP contribution in [0.1, 0.15) is 24.1 Å². The molecule has 6 heteroatoms. The molecule has 0 spiro atoms. The number of ether oxygens (including phenoxy) is 3. The molecule has 0 aliphatic carbocycles. The molecule has 2 rings (SSSR count). The second kappa shape index (κ2) is 9.62. The monoisotopic (exact) mass is 371 g/mol. The Morgan fingerprint density at radius 1 is 0.958 bits per heavy atom. The van der Waals surface area contributed by atoms with Gasteiger partial charge in [0.15, 0.2) is 11.5 Å². The molecule has 132 valence electrons. The van der Waals surface area contributed by atoms with Crippen LogP contribution in [0, 0.1) is 0 Å². The maximum Gasteiger partial charge on any atom is 0.203 e. The predicted molar refractivity (Wildman–Crippen MR) is 100 cm³/mol. The molecule has 0 saturated carbocycles. The molecular formula is C18H23Cl2NO3. The molecule has 1 atom stereocenters. The van der Waals surface area contributed by atoms with Gasteiger partial charge in [-0.15, -0.1) is 12.4 Å². The first-order valence-corrected chi connectivity index (χ1v) is 7.74. The number of nitrogens with one attached hydrogen (secondary N) is 1. The molecule has 0 bridgehead atoms. The van der Waals surface area contributed by atoms with E-state index in [0.717, 1.165) is 10.6 Å². The molecule has 0 aromatic heterocycles. The van der Waals surface area contributed by atoms with Crippen molar-refractivity contribution in [3.63, 3.8) is 0 Å². The van der Waals surface area contributed by atoms with Crippen molar-refractivity contribution in [1.29, 1.82) is 0 Å². The summed E-state index contributed by atoms with van der Waals surface area (Å²) in [5.41, 5.74) is 2.24. The van der Waals surface area contributed by atoms with Crippen LogP contribution < -0.4 is 19.5 Å². The average Bonchev–Trinajstić information content (AvgIpc) is 2.59. The fraction of sp³-hybridized carbons (Fsp3) is 0.333. The van der Waals surface area contributed by atoms with Crippen molar-refractivity contribution in [2.75, 3.05) is 21.3 Å². The second-order valence-electron chi connectivity index (χ2n) is 5.19. The van der Waals surface area contributed by atoms with E-state index in [2.05, 4.69) is 12.2 Å². The zero-order valence-electron chi connectivity index (χ0n) is 14.3. The number of hydrogen-bond acceptors (Lipinski definition) is 4. The number of hydrogen-bond donors (Lipinski definition) is 1. The van der Waals surface area contributed by atoms with E-state index in [4.69, 9.17) is 25.8 Å². The fourth-order valence-electron chi connectivity index (χ4n) is 2.38. The minimum atomic E-state index is 0. The zero-order chi connectivity index (χ0) is 16.8. The van der Waals surface area contributed by atoms with E-state index in [9.17, 15) is 0 Å². The quantitative estimate of drug-likeness (QED) is 0.769. The normalized spacial score (nSPS) is 11.4. The molecule has 0 aliphatic heterocycles. The topological polar surface area (TPSA) is 39.7 Å². The van der Waals surface area contributed by atoms with E-state index in [1.807, 2.05) is 36.4 Å². The summed E-state index contributed by atoms with van der Waals surface area (Å²) in [5.74, 6) is 1.91. The maximum absolute atomic E-state index is 5.92. The third-order valence-electron chi connectivity index (χ3n) is 3.71. The van der Waals surface area contributed by atoms with Crippen LogP contribution in [0.2, 0.25) is 5.02 Å². The first-order valence-electron chi connectivity index (χ1n) is 7.36. The lowest BCUT2D eigenvalue weighted by molar-refractivity contribution is 0.323. The van der Waals surface area contributed by atoms with Crippen LogP contribution in [0.4, 0.5) is 0 Å². The summed E-state index contributed by atoms with van der Waals surface area (Å²) >= 11 is 5.92. The Morgan fingerprint density at radius 3 is 1.96 bits per heavy atom. The smallest absolute Gasteiger partial charge is 0.203 e. The summed E-state index contributed by atoms with van der Waals surface area (Å²) in [6.45, 7) is 2.79. The van der Waals surface area contributed by atoms with Crippen LogP contribution in [-0.4, -0.2) is 21.3 Å². The number of halogens is 2. The highest BCUT2D eigenvalue weighted by Crippen LogP contribution is 2.38. The van der Waals surface area contributed by atoms with Crippen LogP contribution in [0.15, 0.2) is 36.4 Å². The Kier molecular flexibility index (Phi) is 8.19. The molecule has 0 saturated heterocycles. The van der Waals surface area contributed by atoms with Crippen molar-refractivity contribution >= 4 is 24.0 Å². The molecule has 2 aromatic rings. The summed E-state index contributed by atoms with van der Waals surface area (Å²) in [6.07, 6.45) is 0. The van der Waals surface area contributed by atoms with Gasteiger partial charge in [0.1, 0.15) is 0 Å². The number of benzene rings is 2. The van der Waals surface area contributed by atoms with Crippen LogP contribution >= 0.6 is 24.0 Å². The van der Waals surface area contributed by atoms with Crippen molar-refractivity contribution in [2.24, 2.45) is 0 Å². The standard InChI is InChI=1S/C18H22ClNO3.ClH/c1-12(14-5-7-15(19)8-6-14)20-11-13-9-16(21-2)18(23-4)17(10-13)22-3;/h5-10,12,20H,11H2,1-4H3;1H. The molecular weight excluding hydrogens is 349 g/mol. The second-order valence-corrected chi connectivity index (χ2v) is 5.62. The van der Waals surface area contributed by atoms with E-state index < -0.39 is 0 Å². The van der Waals surface area contributed by atoms with Crippen LogP contribution in [0.5, 0.6) is 17.2 Å². The highest BCUT2D eigenvalue weighted by atomic mass is 35.5. The molecule has 0 fully saturated rings. The van der Waals surface area contributed by atoms with E-state index in [1.54, 1.807) is 21.3 Å². The van der Waals surface area contributed by atoms with Gasteiger partial charge in [-0.2, -0.15) is 0 Å². The molecule has 4 nitrogen and oxygen atoms in total. The molecule has 1 N–H and O–H groups in total. The van der Waals surface area contributed by atoms with Crippen molar-refractivity contribution in [3.05, 3.63) is 52.5 Å². The first kappa shape index (κ1) is 20.4. The minimum Gasteiger partial charge on any atom is -0.493 e. The third-order valence-corrected chi connectivity index (χ3v) is 3.96. The maximum atomic E-state index is 5.92. The van der Waals surface area contributed by atoms with Gasteiger partial charge < -0.3 is 19.5 Å². The van der Waals surface area contributed by atoms with E-state index in [1.165, 1.54) is 5.56 Å². The van der Waals surface area contributed by atoms with Gasteiger partial charge in [-0.1, -0.05) is 23.7 Å².